The summed E-state index contributed by atoms with van der Waals surface area (Å²) in [6, 6.07) is 14.0. The first-order chi connectivity index (χ1) is 10.1. The van der Waals surface area contributed by atoms with Gasteiger partial charge in [-0.05, 0) is 35.9 Å². The highest BCUT2D eigenvalue weighted by molar-refractivity contribution is 5.96. The summed E-state index contributed by atoms with van der Waals surface area (Å²) in [4.78, 5) is 11.4. The molecule has 0 radical (unpaired) electrons. The monoisotopic (exact) mass is 282 g/mol. The number of ether oxygens (including phenoxy) is 2. The number of carbonyl (C=O) groups excluding carboxylic acids is 1. The summed E-state index contributed by atoms with van der Waals surface area (Å²) in [7, 11) is 1.51. The van der Waals surface area contributed by atoms with Crippen molar-refractivity contribution in [3.05, 3.63) is 59.2 Å². The van der Waals surface area contributed by atoms with Crippen LogP contribution in [-0.4, -0.2) is 13.0 Å². The lowest BCUT2D eigenvalue weighted by Gasteiger charge is -2.11. The van der Waals surface area contributed by atoms with E-state index in [1.165, 1.54) is 13.2 Å². The van der Waals surface area contributed by atoms with Gasteiger partial charge in [-0.2, -0.15) is 5.26 Å². The molecule has 0 aliphatic heterocycles. The van der Waals surface area contributed by atoms with Gasteiger partial charge in [0.25, 0.3) is 5.91 Å². The molecule has 106 valence electrons. The number of amides is 1. The van der Waals surface area contributed by atoms with Gasteiger partial charge in [0.2, 0.25) is 0 Å². The minimum absolute atomic E-state index is 0.238. The van der Waals surface area contributed by atoms with E-state index in [0.29, 0.717) is 17.1 Å². The fourth-order valence-corrected chi connectivity index (χ4v) is 1.85. The first kappa shape index (κ1) is 14.4. The quantitative estimate of drug-likeness (QED) is 0.911. The molecule has 0 aliphatic rings. The van der Waals surface area contributed by atoms with Crippen molar-refractivity contribution < 1.29 is 14.3 Å². The van der Waals surface area contributed by atoms with Gasteiger partial charge in [-0.1, -0.05) is 12.1 Å². The molecule has 0 atom stereocenters. The third kappa shape index (κ3) is 3.51. The average molecular weight is 282 g/mol. The van der Waals surface area contributed by atoms with Crippen LogP contribution in [-0.2, 0) is 6.61 Å². The predicted molar refractivity (Wildman–Crippen MR) is 77.0 cm³/mol. The Morgan fingerprint density at radius 1 is 1.29 bits per heavy atom. The van der Waals surface area contributed by atoms with Crippen LogP contribution in [0.25, 0.3) is 0 Å². The summed E-state index contributed by atoms with van der Waals surface area (Å²) in [6.07, 6.45) is 0. The van der Waals surface area contributed by atoms with E-state index in [9.17, 15) is 4.79 Å². The lowest BCUT2D eigenvalue weighted by molar-refractivity contribution is 0.0995. The summed E-state index contributed by atoms with van der Waals surface area (Å²) in [5.41, 5.74) is 6.98. The van der Waals surface area contributed by atoms with Crippen molar-refractivity contribution in [3.8, 4) is 17.6 Å². The zero-order valence-electron chi connectivity index (χ0n) is 11.5. The van der Waals surface area contributed by atoms with Gasteiger partial charge in [0.1, 0.15) is 18.1 Å². The maximum Gasteiger partial charge on any atom is 0.252 e. The van der Waals surface area contributed by atoms with Crippen molar-refractivity contribution in [1.82, 2.24) is 0 Å². The highest BCUT2D eigenvalue weighted by Gasteiger charge is 2.11. The number of benzene rings is 2. The molecule has 0 heterocycles. The van der Waals surface area contributed by atoms with Crippen molar-refractivity contribution in [2.24, 2.45) is 5.73 Å². The molecular weight excluding hydrogens is 268 g/mol. The van der Waals surface area contributed by atoms with Crippen LogP contribution in [0.1, 0.15) is 21.5 Å². The van der Waals surface area contributed by atoms with Gasteiger partial charge in [0, 0.05) is 0 Å². The molecule has 0 saturated heterocycles. The Kier molecular flexibility index (Phi) is 4.42. The Balaban J connectivity index is 2.19. The highest BCUT2D eigenvalue weighted by atomic mass is 16.5. The molecule has 1 amide bonds. The molecule has 0 aliphatic carbocycles. The van der Waals surface area contributed by atoms with E-state index in [2.05, 4.69) is 6.07 Å². The number of nitriles is 1. The summed E-state index contributed by atoms with van der Waals surface area (Å²) < 4.78 is 10.7. The molecule has 0 unspecified atom stereocenters. The number of hydrogen-bond acceptors (Lipinski definition) is 4. The van der Waals surface area contributed by atoms with E-state index < -0.39 is 5.91 Å². The molecule has 2 aromatic carbocycles. The van der Waals surface area contributed by atoms with Crippen LogP contribution in [0.2, 0.25) is 0 Å². The van der Waals surface area contributed by atoms with Crippen LogP contribution >= 0.6 is 0 Å². The second-order valence-corrected chi connectivity index (χ2v) is 4.33. The van der Waals surface area contributed by atoms with Gasteiger partial charge in [0.15, 0.2) is 0 Å². The van der Waals surface area contributed by atoms with Crippen LogP contribution < -0.4 is 15.2 Å². The van der Waals surface area contributed by atoms with Crippen molar-refractivity contribution >= 4 is 5.91 Å². The lowest BCUT2D eigenvalue weighted by atomic mass is 10.1. The summed E-state index contributed by atoms with van der Waals surface area (Å²) in [5.74, 6) is 0.322. The van der Waals surface area contributed by atoms with Crippen LogP contribution in [0.5, 0.6) is 11.5 Å². The number of methoxy groups -OCH3 is 1. The van der Waals surface area contributed by atoms with Crippen LogP contribution in [0.15, 0.2) is 42.5 Å². The predicted octanol–water partition coefficient (Wildman–Crippen LogP) is 2.24. The highest BCUT2D eigenvalue weighted by Crippen LogP contribution is 2.24. The van der Waals surface area contributed by atoms with Gasteiger partial charge >= 0.3 is 0 Å². The molecule has 2 aromatic rings. The largest absolute Gasteiger partial charge is 0.497 e. The second kappa shape index (κ2) is 6.44. The minimum atomic E-state index is -0.588. The van der Waals surface area contributed by atoms with Gasteiger partial charge in [-0.25, -0.2) is 0 Å². The van der Waals surface area contributed by atoms with Crippen LogP contribution in [0.4, 0.5) is 0 Å². The van der Waals surface area contributed by atoms with Crippen LogP contribution in [0.3, 0.4) is 0 Å². The van der Waals surface area contributed by atoms with Crippen molar-refractivity contribution in [1.29, 1.82) is 5.26 Å². The number of primary amides is 1. The second-order valence-electron chi connectivity index (χ2n) is 4.33. The maximum atomic E-state index is 11.4. The smallest absolute Gasteiger partial charge is 0.252 e. The molecule has 5 nitrogen and oxygen atoms in total. The Morgan fingerprint density at radius 3 is 2.76 bits per heavy atom. The number of rotatable bonds is 5. The summed E-state index contributed by atoms with van der Waals surface area (Å²) in [5, 5.41) is 8.86. The zero-order valence-corrected chi connectivity index (χ0v) is 11.5. The van der Waals surface area contributed by atoms with E-state index >= 15 is 0 Å². The Labute approximate surface area is 122 Å². The normalized spacial score (nSPS) is 9.71. The fraction of sp³-hybridized carbons (Fsp3) is 0.125. The SMILES string of the molecule is COc1ccc(OCc2cccc(C#N)c2)c(C(N)=O)c1. The Hall–Kier alpha value is -3.00. The molecule has 0 fully saturated rings. The fourth-order valence-electron chi connectivity index (χ4n) is 1.85. The summed E-state index contributed by atoms with van der Waals surface area (Å²) in [6.45, 7) is 0.238. The van der Waals surface area contributed by atoms with Gasteiger partial charge in [0.05, 0.1) is 24.3 Å². The first-order valence-electron chi connectivity index (χ1n) is 6.23. The molecular formula is C16H14N2O3. The zero-order chi connectivity index (χ0) is 15.2. The third-order valence-corrected chi connectivity index (χ3v) is 2.90. The number of nitrogens with two attached hydrogens (primary N) is 1. The van der Waals surface area contributed by atoms with E-state index in [1.807, 2.05) is 6.07 Å². The molecule has 5 heteroatoms. The number of hydrogen-bond donors (Lipinski definition) is 1. The number of nitrogens with zero attached hydrogens (tertiary/aromatic N) is 1. The Bertz CT molecular complexity index is 705. The maximum absolute atomic E-state index is 11.4. The average Bonchev–Trinajstić information content (AvgIpc) is 2.52. The van der Waals surface area contributed by atoms with Crippen molar-refractivity contribution in [3.63, 3.8) is 0 Å². The molecule has 2 rings (SSSR count). The molecule has 0 aromatic heterocycles. The minimum Gasteiger partial charge on any atom is -0.497 e. The molecule has 0 spiro atoms. The van der Waals surface area contributed by atoms with E-state index in [-0.39, 0.29) is 12.2 Å². The van der Waals surface area contributed by atoms with Crippen molar-refractivity contribution in [2.45, 2.75) is 6.61 Å². The van der Waals surface area contributed by atoms with Gasteiger partial charge in [-0.3, -0.25) is 4.79 Å². The third-order valence-electron chi connectivity index (χ3n) is 2.90. The molecule has 0 saturated carbocycles. The van der Waals surface area contributed by atoms with Gasteiger partial charge in [-0.15, -0.1) is 0 Å². The molecule has 0 bridgehead atoms. The first-order valence-corrected chi connectivity index (χ1v) is 6.23. The topological polar surface area (TPSA) is 85.3 Å². The van der Waals surface area contributed by atoms with E-state index in [4.69, 9.17) is 20.5 Å². The molecule has 21 heavy (non-hydrogen) atoms. The van der Waals surface area contributed by atoms with Crippen molar-refractivity contribution in [2.75, 3.05) is 7.11 Å². The van der Waals surface area contributed by atoms with E-state index in [1.54, 1.807) is 30.3 Å². The lowest BCUT2D eigenvalue weighted by Crippen LogP contribution is -2.13. The number of carbonyl (C=O) groups is 1. The molecule has 2 N–H and O–H groups in total. The summed E-state index contributed by atoms with van der Waals surface area (Å²) >= 11 is 0. The van der Waals surface area contributed by atoms with E-state index in [0.717, 1.165) is 5.56 Å². The Morgan fingerprint density at radius 2 is 2.10 bits per heavy atom. The standard InChI is InChI=1S/C16H14N2O3/c1-20-13-5-6-15(14(8-13)16(18)19)21-10-12-4-2-3-11(7-12)9-17/h2-8H,10H2,1H3,(H2,18,19). The van der Waals surface area contributed by atoms with Gasteiger partial charge < -0.3 is 15.2 Å². The van der Waals surface area contributed by atoms with Crippen LogP contribution in [0, 0.1) is 11.3 Å².